The highest BCUT2D eigenvalue weighted by Gasteiger charge is 2.61. The molecule has 0 bridgehead atoms. The fourth-order valence-corrected chi connectivity index (χ4v) is 2.85. The maximum absolute atomic E-state index is 10.1. The molecular weight excluding hydrogens is 232 g/mol. The summed E-state index contributed by atoms with van der Waals surface area (Å²) in [5.74, 6) is -0.676. The van der Waals surface area contributed by atoms with Gasteiger partial charge in [-0.15, -0.1) is 0 Å². The Morgan fingerprint density at radius 1 is 1.28 bits per heavy atom. The zero-order chi connectivity index (χ0) is 12.8. The minimum absolute atomic E-state index is 0.220. The SMILES string of the molecule is CC1(C)O[C@@H]2COC(O)[C@]2(Cc2ccccc2)O1. The monoisotopic (exact) mass is 250 g/mol. The minimum atomic E-state index is -0.940. The highest BCUT2D eigenvalue weighted by atomic mass is 16.8. The molecule has 18 heavy (non-hydrogen) atoms. The molecule has 2 saturated heterocycles. The summed E-state index contributed by atoms with van der Waals surface area (Å²) in [5.41, 5.74) is 0.318. The van der Waals surface area contributed by atoms with Crippen molar-refractivity contribution in [2.75, 3.05) is 6.61 Å². The van der Waals surface area contributed by atoms with Gasteiger partial charge in [0.25, 0.3) is 0 Å². The Morgan fingerprint density at radius 2 is 2.00 bits per heavy atom. The Morgan fingerprint density at radius 3 is 2.72 bits per heavy atom. The first-order valence-corrected chi connectivity index (χ1v) is 6.23. The Balaban J connectivity index is 1.91. The summed E-state index contributed by atoms with van der Waals surface area (Å²) in [7, 11) is 0. The Labute approximate surface area is 106 Å². The van der Waals surface area contributed by atoms with Gasteiger partial charge in [0.15, 0.2) is 17.7 Å². The van der Waals surface area contributed by atoms with Crippen LogP contribution in [0.15, 0.2) is 30.3 Å². The van der Waals surface area contributed by atoms with Gasteiger partial charge in [0.2, 0.25) is 0 Å². The summed E-state index contributed by atoms with van der Waals surface area (Å²) in [4.78, 5) is 0. The first-order valence-electron chi connectivity index (χ1n) is 6.23. The van der Waals surface area contributed by atoms with E-state index >= 15 is 0 Å². The normalized spacial score (nSPS) is 37.7. The third-order valence-electron chi connectivity index (χ3n) is 3.55. The van der Waals surface area contributed by atoms with E-state index in [2.05, 4.69) is 0 Å². The lowest BCUT2D eigenvalue weighted by molar-refractivity contribution is -0.235. The first kappa shape index (κ1) is 12.1. The fourth-order valence-electron chi connectivity index (χ4n) is 2.85. The molecule has 0 aliphatic carbocycles. The maximum Gasteiger partial charge on any atom is 0.187 e. The summed E-state index contributed by atoms with van der Waals surface area (Å²) < 4.78 is 17.1. The second-order valence-corrected chi connectivity index (χ2v) is 5.41. The van der Waals surface area contributed by atoms with E-state index in [0.717, 1.165) is 5.56 Å². The van der Waals surface area contributed by atoms with E-state index in [-0.39, 0.29) is 6.10 Å². The summed E-state index contributed by atoms with van der Waals surface area (Å²) in [6.07, 6.45) is -0.574. The molecule has 2 aliphatic heterocycles. The summed E-state index contributed by atoms with van der Waals surface area (Å²) >= 11 is 0. The summed E-state index contributed by atoms with van der Waals surface area (Å²) in [6, 6.07) is 9.96. The lowest BCUT2D eigenvalue weighted by atomic mass is 9.90. The number of fused-ring (bicyclic) bond motifs is 1. The van der Waals surface area contributed by atoms with Crippen LogP contribution in [0.1, 0.15) is 19.4 Å². The molecule has 0 spiro atoms. The molecule has 4 heteroatoms. The molecular formula is C14H18O4. The van der Waals surface area contributed by atoms with E-state index in [4.69, 9.17) is 14.2 Å². The van der Waals surface area contributed by atoms with Gasteiger partial charge in [0.1, 0.15) is 6.10 Å². The molecule has 4 nitrogen and oxygen atoms in total. The van der Waals surface area contributed by atoms with Gasteiger partial charge in [-0.1, -0.05) is 30.3 Å². The van der Waals surface area contributed by atoms with Crippen LogP contribution in [0.25, 0.3) is 0 Å². The lowest BCUT2D eigenvalue weighted by Crippen LogP contribution is -2.48. The van der Waals surface area contributed by atoms with Gasteiger partial charge in [0, 0.05) is 6.42 Å². The Hall–Kier alpha value is -0.940. The topological polar surface area (TPSA) is 47.9 Å². The van der Waals surface area contributed by atoms with Crippen LogP contribution in [-0.4, -0.2) is 35.5 Å². The van der Waals surface area contributed by atoms with Crippen LogP contribution in [0.3, 0.4) is 0 Å². The van der Waals surface area contributed by atoms with E-state index in [1.165, 1.54) is 0 Å². The van der Waals surface area contributed by atoms with Crippen molar-refractivity contribution in [1.82, 2.24) is 0 Å². The number of ether oxygens (including phenoxy) is 3. The third kappa shape index (κ3) is 1.86. The zero-order valence-corrected chi connectivity index (χ0v) is 10.6. The van der Waals surface area contributed by atoms with Crippen LogP contribution in [0, 0.1) is 0 Å². The van der Waals surface area contributed by atoms with Crippen LogP contribution in [-0.2, 0) is 20.6 Å². The largest absolute Gasteiger partial charge is 0.366 e. The van der Waals surface area contributed by atoms with E-state index in [1.807, 2.05) is 44.2 Å². The average molecular weight is 250 g/mol. The van der Waals surface area contributed by atoms with Gasteiger partial charge in [-0.2, -0.15) is 0 Å². The van der Waals surface area contributed by atoms with E-state index in [1.54, 1.807) is 0 Å². The van der Waals surface area contributed by atoms with Gasteiger partial charge in [-0.05, 0) is 19.4 Å². The number of aliphatic hydroxyl groups excluding tert-OH is 1. The minimum Gasteiger partial charge on any atom is -0.366 e. The van der Waals surface area contributed by atoms with Crippen LogP contribution in [0.4, 0.5) is 0 Å². The molecule has 98 valence electrons. The van der Waals surface area contributed by atoms with E-state index in [0.29, 0.717) is 13.0 Å². The first-order chi connectivity index (χ1) is 8.52. The van der Waals surface area contributed by atoms with Crippen molar-refractivity contribution < 1.29 is 19.3 Å². The molecule has 3 rings (SSSR count). The molecule has 1 unspecified atom stereocenters. The highest BCUT2D eigenvalue weighted by molar-refractivity contribution is 5.20. The quantitative estimate of drug-likeness (QED) is 0.863. The van der Waals surface area contributed by atoms with Gasteiger partial charge >= 0.3 is 0 Å². The highest BCUT2D eigenvalue weighted by Crippen LogP contribution is 2.45. The predicted octanol–water partition coefficient (Wildman–Crippen LogP) is 1.47. The van der Waals surface area contributed by atoms with Crippen molar-refractivity contribution >= 4 is 0 Å². The molecule has 1 N–H and O–H groups in total. The molecule has 1 aromatic carbocycles. The Kier molecular flexibility index (Phi) is 2.71. The standard InChI is InChI=1S/C14H18O4/c1-13(2)17-11-9-16-12(15)14(11,18-13)8-10-6-4-3-5-7-10/h3-7,11-12,15H,8-9H2,1-2H3/t11-,12?,14-/m1/s1. The molecule has 3 atom stereocenters. The number of benzene rings is 1. The van der Waals surface area contributed by atoms with Gasteiger partial charge < -0.3 is 19.3 Å². The smallest absolute Gasteiger partial charge is 0.187 e. The van der Waals surface area contributed by atoms with Gasteiger partial charge in [-0.3, -0.25) is 0 Å². The van der Waals surface area contributed by atoms with Crippen molar-refractivity contribution in [3.8, 4) is 0 Å². The predicted molar refractivity (Wildman–Crippen MR) is 64.9 cm³/mol. The number of rotatable bonds is 2. The molecule has 0 amide bonds. The molecule has 2 heterocycles. The molecule has 0 saturated carbocycles. The van der Waals surface area contributed by atoms with Crippen LogP contribution >= 0.6 is 0 Å². The molecule has 0 radical (unpaired) electrons. The van der Waals surface area contributed by atoms with Crippen molar-refractivity contribution in [3.05, 3.63) is 35.9 Å². The van der Waals surface area contributed by atoms with Gasteiger partial charge in [-0.25, -0.2) is 0 Å². The average Bonchev–Trinajstić information content (AvgIpc) is 2.73. The third-order valence-corrected chi connectivity index (χ3v) is 3.55. The van der Waals surface area contributed by atoms with Crippen molar-refractivity contribution in [2.24, 2.45) is 0 Å². The lowest BCUT2D eigenvalue weighted by Gasteiger charge is -2.30. The zero-order valence-electron chi connectivity index (χ0n) is 10.6. The van der Waals surface area contributed by atoms with Crippen molar-refractivity contribution in [1.29, 1.82) is 0 Å². The fraction of sp³-hybridized carbons (Fsp3) is 0.571. The molecule has 2 aliphatic rings. The second-order valence-electron chi connectivity index (χ2n) is 5.41. The Bertz CT molecular complexity index is 431. The second kappa shape index (κ2) is 4.03. The van der Waals surface area contributed by atoms with Crippen LogP contribution in [0.2, 0.25) is 0 Å². The number of aliphatic hydroxyl groups is 1. The van der Waals surface area contributed by atoms with E-state index < -0.39 is 17.7 Å². The molecule has 0 aromatic heterocycles. The number of hydrogen-bond acceptors (Lipinski definition) is 4. The summed E-state index contributed by atoms with van der Waals surface area (Å²) in [5, 5.41) is 10.1. The van der Waals surface area contributed by atoms with Crippen LogP contribution < -0.4 is 0 Å². The number of hydrogen-bond donors (Lipinski definition) is 1. The molecule has 1 aromatic rings. The van der Waals surface area contributed by atoms with Crippen LogP contribution in [0.5, 0.6) is 0 Å². The van der Waals surface area contributed by atoms with Crippen molar-refractivity contribution in [3.63, 3.8) is 0 Å². The van der Waals surface area contributed by atoms with Crippen molar-refractivity contribution in [2.45, 2.75) is 44.1 Å². The van der Waals surface area contributed by atoms with E-state index in [9.17, 15) is 5.11 Å². The molecule has 2 fully saturated rings. The van der Waals surface area contributed by atoms with Gasteiger partial charge in [0.05, 0.1) is 6.61 Å². The summed E-state index contributed by atoms with van der Waals surface area (Å²) in [6.45, 7) is 4.10. The maximum atomic E-state index is 10.1.